The van der Waals surface area contributed by atoms with Crippen LogP contribution in [0.3, 0.4) is 0 Å². The van der Waals surface area contributed by atoms with Gasteiger partial charge < -0.3 is 10.3 Å². The molecule has 0 saturated carbocycles. The quantitative estimate of drug-likeness (QED) is 0.225. The van der Waals surface area contributed by atoms with Crippen LogP contribution in [0, 0.1) is 0 Å². The lowest BCUT2D eigenvalue weighted by Crippen LogP contribution is -2.43. The number of aliphatic imine (C=N–C) groups is 1. The normalized spacial score (nSPS) is 13.8. The standard InChI is InChI=1S/C32H24F3N5O2/c33-32(34,35)23-8-3-5-19(13-23)14-27(29(41)17-24-9-4-12-36-24)40-31(42)21-10-11-25-26(16-21)39-30(38-25)28-15-20-6-1-2-7-22(20)18-37-28/h1-8,10-13,15-16,18,27H,9,14,17H2,(H,38,39)(H,40,42)/t27-/m0/s1. The van der Waals surface area contributed by atoms with Gasteiger partial charge in [-0.25, -0.2) is 4.98 Å². The van der Waals surface area contributed by atoms with E-state index in [2.05, 4.69) is 25.3 Å². The van der Waals surface area contributed by atoms with Crippen molar-refractivity contribution in [1.29, 1.82) is 0 Å². The first-order chi connectivity index (χ1) is 20.2. The number of imidazole rings is 1. The van der Waals surface area contributed by atoms with E-state index >= 15 is 0 Å². The maximum Gasteiger partial charge on any atom is 0.416 e. The second-order valence-corrected chi connectivity index (χ2v) is 10.1. The Bertz CT molecular complexity index is 1890. The summed E-state index contributed by atoms with van der Waals surface area (Å²) in [5.74, 6) is -0.332. The van der Waals surface area contributed by atoms with Crippen molar-refractivity contribution in [1.82, 2.24) is 20.3 Å². The Hall–Kier alpha value is -5.12. The van der Waals surface area contributed by atoms with E-state index in [1.807, 2.05) is 36.4 Å². The van der Waals surface area contributed by atoms with Crippen LogP contribution in [0.2, 0.25) is 0 Å². The van der Waals surface area contributed by atoms with Crippen molar-refractivity contribution in [2.45, 2.75) is 31.5 Å². The zero-order valence-electron chi connectivity index (χ0n) is 22.2. The highest BCUT2D eigenvalue weighted by Crippen LogP contribution is 2.30. The molecule has 0 saturated heterocycles. The fourth-order valence-corrected chi connectivity index (χ4v) is 4.92. The van der Waals surface area contributed by atoms with Crippen LogP contribution in [0.15, 0.2) is 96.3 Å². The van der Waals surface area contributed by atoms with Crippen molar-refractivity contribution >= 4 is 39.2 Å². The molecule has 0 radical (unpaired) electrons. The number of aromatic nitrogens is 3. The van der Waals surface area contributed by atoms with E-state index < -0.39 is 23.7 Å². The maximum atomic E-state index is 13.3. The molecule has 1 aliphatic rings. The van der Waals surface area contributed by atoms with Crippen molar-refractivity contribution in [3.05, 3.63) is 108 Å². The number of Topliss-reactive ketones (excluding diaryl/α,β-unsaturated/α-hetero) is 1. The molecule has 10 heteroatoms. The maximum absolute atomic E-state index is 13.3. The third-order valence-electron chi connectivity index (χ3n) is 7.10. The van der Waals surface area contributed by atoms with Gasteiger partial charge in [-0.15, -0.1) is 0 Å². The van der Waals surface area contributed by atoms with Crippen LogP contribution < -0.4 is 5.32 Å². The number of pyridine rings is 1. The second-order valence-electron chi connectivity index (χ2n) is 10.1. The van der Waals surface area contributed by atoms with Crippen LogP contribution in [-0.4, -0.2) is 38.4 Å². The summed E-state index contributed by atoms with van der Waals surface area (Å²) >= 11 is 0. The summed E-state index contributed by atoms with van der Waals surface area (Å²) in [6.07, 6.45) is 1.06. The highest BCUT2D eigenvalue weighted by atomic mass is 19.4. The third-order valence-corrected chi connectivity index (χ3v) is 7.10. The monoisotopic (exact) mass is 567 g/mol. The molecule has 210 valence electrons. The van der Waals surface area contributed by atoms with E-state index in [1.54, 1.807) is 30.6 Å². The molecule has 1 atom stereocenters. The summed E-state index contributed by atoms with van der Waals surface area (Å²) in [5.41, 5.74) is 2.24. The lowest BCUT2D eigenvalue weighted by atomic mass is 9.96. The van der Waals surface area contributed by atoms with Crippen LogP contribution in [0.4, 0.5) is 13.2 Å². The van der Waals surface area contributed by atoms with Gasteiger partial charge in [0.15, 0.2) is 11.6 Å². The molecule has 1 amide bonds. The fraction of sp³-hybridized carbons (Fsp3) is 0.156. The fourth-order valence-electron chi connectivity index (χ4n) is 4.92. The largest absolute Gasteiger partial charge is 0.416 e. The van der Waals surface area contributed by atoms with Gasteiger partial charge in [0, 0.05) is 41.9 Å². The minimum absolute atomic E-state index is 0.0153. The smallest absolute Gasteiger partial charge is 0.342 e. The number of H-pyrrole nitrogens is 1. The van der Waals surface area contributed by atoms with Crippen LogP contribution in [0.1, 0.15) is 34.3 Å². The van der Waals surface area contributed by atoms with E-state index in [1.165, 1.54) is 12.1 Å². The van der Waals surface area contributed by atoms with Gasteiger partial charge in [-0.05, 0) is 47.7 Å². The summed E-state index contributed by atoms with van der Waals surface area (Å²) in [7, 11) is 0. The number of benzene rings is 3. The SMILES string of the molecule is O=C(N[C@@H](Cc1cccc(C(F)(F)F)c1)C(=O)CC1=NC=CC1)c1ccc2nc(-c3cc4ccccc4cn3)[nH]c2c1. The van der Waals surface area contributed by atoms with Gasteiger partial charge in [0.25, 0.3) is 5.91 Å². The van der Waals surface area contributed by atoms with Crippen molar-refractivity contribution in [2.75, 3.05) is 0 Å². The molecule has 1 aliphatic heterocycles. The highest BCUT2D eigenvalue weighted by molar-refractivity contribution is 6.07. The van der Waals surface area contributed by atoms with Gasteiger partial charge in [-0.2, -0.15) is 13.2 Å². The first-order valence-electron chi connectivity index (χ1n) is 13.3. The average molecular weight is 568 g/mol. The van der Waals surface area contributed by atoms with Crippen molar-refractivity contribution < 1.29 is 22.8 Å². The summed E-state index contributed by atoms with van der Waals surface area (Å²) in [6, 6.07) is 18.4. The summed E-state index contributed by atoms with van der Waals surface area (Å²) in [6.45, 7) is 0. The number of alkyl halides is 3. The van der Waals surface area contributed by atoms with Gasteiger partial charge in [0.05, 0.1) is 22.6 Å². The molecule has 0 spiro atoms. The Morgan fingerprint density at radius 2 is 1.81 bits per heavy atom. The van der Waals surface area contributed by atoms with Gasteiger partial charge in [-0.3, -0.25) is 19.6 Å². The number of allylic oxidation sites excluding steroid dienone is 1. The molecule has 6 rings (SSSR count). The molecule has 7 nitrogen and oxygen atoms in total. The highest BCUT2D eigenvalue weighted by Gasteiger charge is 2.31. The Labute approximate surface area is 238 Å². The number of amides is 1. The molecule has 0 unspecified atom stereocenters. The lowest BCUT2D eigenvalue weighted by molar-refractivity contribution is -0.137. The van der Waals surface area contributed by atoms with Gasteiger partial charge in [-0.1, -0.05) is 48.5 Å². The molecule has 0 fully saturated rings. The zero-order valence-corrected chi connectivity index (χ0v) is 22.2. The van der Waals surface area contributed by atoms with E-state index in [9.17, 15) is 22.8 Å². The van der Waals surface area contributed by atoms with Crippen LogP contribution >= 0.6 is 0 Å². The van der Waals surface area contributed by atoms with Crippen LogP contribution in [0.25, 0.3) is 33.3 Å². The van der Waals surface area contributed by atoms with E-state index in [-0.39, 0.29) is 29.8 Å². The minimum atomic E-state index is -4.52. The average Bonchev–Trinajstić information content (AvgIpc) is 3.66. The topological polar surface area (TPSA) is 100 Å². The molecular weight excluding hydrogens is 543 g/mol. The number of carbonyl (C=O) groups excluding carboxylic acids is 2. The predicted molar refractivity (Wildman–Crippen MR) is 154 cm³/mol. The van der Waals surface area contributed by atoms with Crippen molar-refractivity contribution in [2.24, 2.45) is 4.99 Å². The molecule has 42 heavy (non-hydrogen) atoms. The molecule has 2 aromatic heterocycles. The minimum Gasteiger partial charge on any atom is -0.342 e. The van der Waals surface area contributed by atoms with Crippen molar-refractivity contribution in [3.8, 4) is 11.5 Å². The van der Waals surface area contributed by atoms with Crippen LogP contribution in [0.5, 0.6) is 0 Å². The Balaban J connectivity index is 1.25. The first-order valence-corrected chi connectivity index (χ1v) is 13.3. The van der Waals surface area contributed by atoms with Gasteiger partial charge in [0.1, 0.15) is 5.69 Å². The second kappa shape index (κ2) is 11.0. The molecule has 3 aromatic carbocycles. The first kappa shape index (κ1) is 27.1. The molecule has 3 heterocycles. The molecular formula is C32H24F3N5O2. The number of nitrogens with one attached hydrogen (secondary N) is 2. The molecule has 2 N–H and O–H groups in total. The molecule has 0 bridgehead atoms. The van der Waals surface area contributed by atoms with Crippen molar-refractivity contribution in [3.63, 3.8) is 0 Å². The number of fused-ring (bicyclic) bond motifs is 2. The number of hydrogen-bond donors (Lipinski definition) is 2. The predicted octanol–water partition coefficient (Wildman–Crippen LogP) is 6.46. The Morgan fingerprint density at radius 1 is 0.976 bits per heavy atom. The van der Waals surface area contributed by atoms with Gasteiger partial charge >= 0.3 is 6.18 Å². The summed E-state index contributed by atoms with van der Waals surface area (Å²) in [5, 5.41) is 4.76. The number of rotatable bonds is 8. The number of aromatic amines is 1. The number of halogens is 3. The summed E-state index contributed by atoms with van der Waals surface area (Å²) < 4.78 is 39.9. The van der Waals surface area contributed by atoms with Crippen LogP contribution in [-0.2, 0) is 17.4 Å². The van der Waals surface area contributed by atoms with Gasteiger partial charge in [0.2, 0.25) is 0 Å². The Morgan fingerprint density at radius 3 is 2.60 bits per heavy atom. The summed E-state index contributed by atoms with van der Waals surface area (Å²) in [4.78, 5) is 43.1. The van der Waals surface area contributed by atoms with E-state index in [0.29, 0.717) is 34.7 Å². The Kier molecular flexibility index (Phi) is 7.12. The number of ketones is 1. The number of nitrogens with zero attached hydrogens (tertiary/aromatic N) is 3. The third kappa shape index (κ3) is 5.83. The number of carbonyl (C=O) groups is 2. The van der Waals surface area contributed by atoms with E-state index in [4.69, 9.17) is 0 Å². The molecule has 0 aliphatic carbocycles. The lowest BCUT2D eigenvalue weighted by Gasteiger charge is -2.19. The number of hydrogen-bond acceptors (Lipinski definition) is 5. The zero-order chi connectivity index (χ0) is 29.3. The molecule has 5 aromatic rings. The van der Waals surface area contributed by atoms with E-state index in [0.717, 1.165) is 22.9 Å².